The highest BCUT2D eigenvalue weighted by Crippen LogP contribution is 2.34. The Morgan fingerprint density at radius 3 is 2.35 bits per heavy atom. The molecule has 2 fully saturated rings. The highest BCUT2D eigenvalue weighted by Gasteiger charge is 2.37. The molecule has 1 saturated carbocycles. The molecule has 0 aromatic carbocycles. The van der Waals surface area contributed by atoms with Gasteiger partial charge in [-0.1, -0.05) is 13.8 Å². The van der Waals surface area contributed by atoms with Crippen LogP contribution in [0.3, 0.4) is 0 Å². The summed E-state index contributed by atoms with van der Waals surface area (Å²) < 4.78 is 5.44. The largest absolute Gasteiger partial charge is 0.444 e. The Kier molecular flexibility index (Phi) is 4.33. The van der Waals surface area contributed by atoms with Crippen LogP contribution in [0.5, 0.6) is 0 Å². The molecule has 0 unspecified atom stereocenters. The molecule has 1 aliphatic heterocycles. The quantitative estimate of drug-likeness (QED) is 0.865. The molecule has 20 heavy (non-hydrogen) atoms. The van der Waals surface area contributed by atoms with Crippen molar-refractivity contribution < 1.29 is 9.53 Å². The lowest BCUT2D eigenvalue weighted by Gasteiger charge is -2.40. The van der Waals surface area contributed by atoms with Gasteiger partial charge in [-0.25, -0.2) is 4.79 Å². The fourth-order valence-corrected chi connectivity index (χ4v) is 2.72. The number of hydrogen-bond acceptors (Lipinski definition) is 3. The van der Waals surface area contributed by atoms with Crippen LogP contribution in [0.1, 0.15) is 53.9 Å². The van der Waals surface area contributed by atoms with Crippen LogP contribution in [0.15, 0.2) is 0 Å². The number of likely N-dealkylation sites (tertiary alicyclic amines) is 1. The minimum absolute atomic E-state index is 0.164. The minimum Gasteiger partial charge on any atom is -0.444 e. The lowest BCUT2D eigenvalue weighted by Crippen LogP contribution is -2.47. The molecule has 0 bridgehead atoms. The molecule has 1 N–H and O–H groups in total. The third kappa shape index (κ3) is 4.37. The van der Waals surface area contributed by atoms with E-state index in [9.17, 15) is 4.79 Å². The van der Waals surface area contributed by atoms with Crippen molar-refractivity contribution in [1.29, 1.82) is 0 Å². The molecule has 1 aliphatic carbocycles. The van der Waals surface area contributed by atoms with E-state index in [0.29, 0.717) is 5.41 Å². The average molecular weight is 282 g/mol. The van der Waals surface area contributed by atoms with Gasteiger partial charge in [0.25, 0.3) is 0 Å². The van der Waals surface area contributed by atoms with E-state index in [4.69, 9.17) is 4.74 Å². The van der Waals surface area contributed by atoms with Crippen LogP contribution in [0, 0.1) is 11.3 Å². The van der Waals surface area contributed by atoms with Crippen molar-refractivity contribution in [2.24, 2.45) is 11.3 Å². The maximum Gasteiger partial charge on any atom is 0.410 e. The first-order valence-electron chi connectivity index (χ1n) is 7.90. The van der Waals surface area contributed by atoms with Gasteiger partial charge in [0.15, 0.2) is 0 Å². The summed E-state index contributed by atoms with van der Waals surface area (Å²) in [5, 5.41) is 3.66. The Morgan fingerprint density at radius 1 is 1.35 bits per heavy atom. The van der Waals surface area contributed by atoms with E-state index in [-0.39, 0.29) is 6.09 Å². The first kappa shape index (κ1) is 15.6. The average Bonchev–Trinajstić information content (AvgIpc) is 3.02. The smallest absolute Gasteiger partial charge is 0.410 e. The predicted octanol–water partition coefficient (Wildman–Crippen LogP) is 3.02. The summed E-state index contributed by atoms with van der Waals surface area (Å²) in [6, 6.07) is 0.732. The molecule has 1 heterocycles. The Bertz CT molecular complexity index is 354. The van der Waals surface area contributed by atoms with Gasteiger partial charge in [-0.05, 0) is 51.4 Å². The van der Waals surface area contributed by atoms with Crippen molar-refractivity contribution >= 4 is 6.09 Å². The number of ether oxygens (including phenoxy) is 1. The van der Waals surface area contributed by atoms with Crippen molar-refractivity contribution in [2.45, 2.75) is 65.5 Å². The second-order valence-electron chi connectivity index (χ2n) is 7.98. The van der Waals surface area contributed by atoms with Gasteiger partial charge in [0.2, 0.25) is 0 Å². The van der Waals surface area contributed by atoms with Gasteiger partial charge >= 0.3 is 6.09 Å². The summed E-state index contributed by atoms with van der Waals surface area (Å²) >= 11 is 0. The van der Waals surface area contributed by atoms with E-state index >= 15 is 0 Å². The van der Waals surface area contributed by atoms with Crippen LogP contribution in [0.4, 0.5) is 4.79 Å². The molecule has 0 aromatic rings. The maximum atomic E-state index is 12.0. The summed E-state index contributed by atoms with van der Waals surface area (Å²) in [5.41, 5.74) is -0.0810. The van der Waals surface area contributed by atoms with E-state index < -0.39 is 5.60 Å². The van der Waals surface area contributed by atoms with Crippen molar-refractivity contribution in [3.8, 4) is 0 Å². The summed E-state index contributed by atoms with van der Waals surface area (Å²) in [7, 11) is 0. The standard InChI is InChI=1S/C16H30N2O2/c1-12-10-13(12)17-11-16(5)6-8-18(9-7-16)14(19)20-15(2,3)4/h12-13,17H,6-11H2,1-5H3/t12-,13-/m1/s1. The molecule has 0 radical (unpaired) electrons. The third-order valence-electron chi connectivity index (χ3n) is 4.52. The van der Waals surface area contributed by atoms with Crippen LogP contribution < -0.4 is 5.32 Å². The maximum absolute atomic E-state index is 12.0. The first-order valence-corrected chi connectivity index (χ1v) is 7.90. The molecular weight excluding hydrogens is 252 g/mol. The molecule has 2 rings (SSSR count). The van der Waals surface area contributed by atoms with E-state index in [0.717, 1.165) is 44.4 Å². The van der Waals surface area contributed by atoms with Crippen LogP contribution in [-0.2, 0) is 4.74 Å². The van der Waals surface area contributed by atoms with Gasteiger partial charge in [0, 0.05) is 25.7 Å². The fourth-order valence-electron chi connectivity index (χ4n) is 2.72. The first-order chi connectivity index (χ1) is 9.19. The van der Waals surface area contributed by atoms with Crippen molar-refractivity contribution in [1.82, 2.24) is 10.2 Å². The molecule has 4 nitrogen and oxygen atoms in total. The van der Waals surface area contributed by atoms with Gasteiger partial charge in [-0.3, -0.25) is 0 Å². The molecule has 0 aromatic heterocycles. The minimum atomic E-state index is -0.401. The lowest BCUT2D eigenvalue weighted by molar-refractivity contribution is 0.0119. The number of carbonyl (C=O) groups is 1. The molecule has 2 aliphatic rings. The summed E-state index contributed by atoms with van der Waals surface area (Å²) in [4.78, 5) is 13.9. The zero-order chi connectivity index (χ0) is 15.0. The summed E-state index contributed by atoms with van der Waals surface area (Å²) in [5.74, 6) is 0.848. The number of piperidine rings is 1. The topological polar surface area (TPSA) is 41.6 Å². The van der Waals surface area contributed by atoms with Crippen LogP contribution >= 0.6 is 0 Å². The van der Waals surface area contributed by atoms with Crippen molar-refractivity contribution in [2.75, 3.05) is 19.6 Å². The Balaban J connectivity index is 1.74. The van der Waals surface area contributed by atoms with E-state index in [1.807, 2.05) is 25.7 Å². The lowest BCUT2D eigenvalue weighted by atomic mass is 9.80. The van der Waals surface area contributed by atoms with Gasteiger partial charge < -0.3 is 15.0 Å². The Morgan fingerprint density at radius 2 is 1.90 bits per heavy atom. The summed E-state index contributed by atoms with van der Waals surface area (Å²) in [6.45, 7) is 13.1. The number of nitrogens with zero attached hydrogens (tertiary/aromatic N) is 1. The monoisotopic (exact) mass is 282 g/mol. The van der Waals surface area contributed by atoms with Crippen molar-refractivity contribution in [3.63, 3.8) is 0 Å². The second-order valence-corrected chi connectivity index (χ2v) is 7.98. The SMILES string of the molecule is C[C@@H]1C[C@H]1NCC1(C)CCN(C(=O)OC(C)(C)C)CC1. The van der Waals surface area contributed by atoms with Crippen LogP contribution in [0.2, 0.25) is 0 Å². The molecule has 1 saturated heterocycles. The number of hydrogen-bond donors (Lipinski definition) is 1. The van der Waals surface area contributed by atoms with Crippen LogP contribution in [-0.4, -0.2) is 42.3 Å². The highest BCUT2D eigenvalue weighted by atomic mass is 16.6. The molecule has 2 atom stereocenters. The molecule has 0 spiro atoms. The third-order valence-corrected chi connectivity index (χ3v) is 4.52. The van der Waals surface area contributed by atoms with Crippen molar-refractivity contribution in [3.05, 3.63) is 0 Å². The molecular formula is C16H30N2O2. The van der Waals surface area contributed by atoms with E-state index in [1.165, 1.54) is 6.42 Å². The zero-order valence-corrected chi connectivity index (χ0v) is 13.7. The number of amides is 1. The Labute approximate surface area is 123 Å². The molecule has 116 valence electrons. The van der Waals surface area contributed by atoms with Gasteiger partial charge in [0.1, 0.15) is 5.60 Å². The number of nitrogens with one attached hydrogen (secondary N) is 1. The molecule has 4 heteroatoms. The fraction of sp³-hybridized carbons (Fsp3) is 0.938. The van der Waals surface area contributed by atoms with Gasteiger partial charge in [-0.15, -0.1) is 0 Å². The normalized spacial score (nSPS) is 29.1. The van der Waals surface area contributed by atoms with Gasteiger partial charge in [0.05, 0.1) is 0 Å². The summed E-state index contributed by atoms with van der Waals surface area (Å²) in [6.07, 6.45) is 3.27. The highest BCUT2D eigenvalue weighted by molar-refractivity contribution is 5.68. The predicted molar refractivity (Wildman–Crippen MR) is 80.7 cm³/mol. The Hall–Kier alpha value is -0.770. The second kappa shape index (κ2) is 5.55. The van der Waals surface area contributed by atoms with E-state index in [2.05, 4.69) is 19.2 Å². The zero-order valence-electron chi connectivity index (χ0n) is 13.7. The molecule has 1 amide bonds. The van der Waals surface area contributed by atoms with Crippen LogP contribution in [0.25, 0.3) is 0 Å². The number of carbonyl (C=O) groups excluding carboxylic acids is 1. The number of rotatable bonds is 3. The van der Waals surface area contributed by atoms with Gasteiger partial charge in [-0.2, -0.15) is 0 Å². The van der Waals surface area contributed by atoms with E-state index in [1.54, 1.807) is 0 Å².